The standard InChI is InChI=1S/C50H49N3O.C38H41BrN2.C13H10O/c1-28-30(3)44(31(4)29(2)43(28)51-37-20-12-14-24-41(37)54-42-25-15-13-21-38(42)51)52-39-22-16-18-33-46(39)53-45-35(49(33,8)9)26-32(48(5,6)7)27-36(45)50(10,11)34-19-17-23-40(52)47(34)53;1-20-22(3)32(23(4)21(2)31(20)39)40-29-16-12-14-25-34(29)41-33-27(37(25,8)9)18-24(36(5,6)7)19-28(33)38(10,11)26-15-13-17-30(40)35(26)41;1-3-7-12-10(5-1)9-11-6-2-4-8-13(11)14-12/h12-27H,1-11H3;12-19H,1-11H3;1-8H,9H2. The average Bonchev–Trinajstić information content (AvgIpc) is 0.672. The lowest BCUT2D eigenvalue weighted by Crippen LogP contribution is -2.41. The van der Waals surface area contributed by atoms with Crippen molar-refractivity contribution in [3.05, 3.63) is 310 Å². The summed E-state index contributed by atoms with van der Waals surface area (Å²) in [5, 5.41) is 0. The molecule has 20 rings (SSSR count). The Morgan fingerprint density at radius 1 is 0.266 bits per heavy atom. The minimum Gasteiger partial charge on any atom is -0.457 e. The Morgan fingerprint density at radius 3 is 0.817 bits per heavy atom. The van der Waals surface area contributed by atoms with Gasteiger partial charge in [-0.3, -0.25) is 0 Å². The summed E-state index contributed by atoms with van der Waals surface area (Å²) in [6.07, 6.45) is 0.979. The third kappa shape index (κ3) is 9.84. The van der Waals surface area contributed by atoms with Gasteiger partial charge in [-0.15, -0.1) is 0 Å². The number of anilines is 15. The maximum absolute atomic E-state index is 6.45. The molecule has 0 amide bonds. The first-order chi connectivity index (χ1) is 51.7. The molecule has 0 radical (unpaired) electrons. The maximum Gasteiger partial charge on any atom is 0.151 e. The van der Waals surface area contributed by atoms with E-state index in [1.54, 1.807) is 0 Å². The van der Waals surface area contributed by atoms with Crippen molar-refractivity contribution in [1.29, 1.82) is 0 Å². The van der Waals surface area contributed by atoms with Crippen molar-refractivity contribution in [2.24, 2.45) is 0 Å². The molecule has 0 atom stereocenters. The fourth-order valence-electron chi connectivity index (χ4n) is 19.6. The smallest absolute Gasteiger partial charge is 0.151 e. The molecule has 8 aliphatic rings. The lowest BCUT2D eigenvalue weighted by Gasteiger charge is -2.54. The molecule has 0 saturated heterocycles. The Balaban J connectivity index is 0.000000133. The molecule has 0 aromatic heterocycles. The fraction of sp³-hybridized carbons (Fsp3) is 0.287. The largest absolute Gasteiger partial charge is 0.457 e. The zero-order valence-electron chi connectivity index (χ0n) is 67.6. The number of para-hydroxylation sites is 10. The summed E-state index contributed by atoms with van der Waals surface area (Å²) in [4.78, 5) is 12.9. The van der Waals surface area contributed by atoms with E-state index in [2.05, 4.69) is 363 Å². The minimum absolute atomic E-state index is 0.0307. The molecule has 0 bridgehead atoms. The van der Waals surface area contributed by atoms with Crippen molar-refractivity contribution in [3.63, 3.8) is 0 Å². The molecular weight excluding hydrogens is 1400 g/mol. The number of halogens is 1. The zero-order valence-corrected chi connectivity index (χ0v) is 69.2. The van der Waals surface area contributed by atoms with E-state index >= 15 is 0 Å². The van der Waals surface area contributed by atoms with E-state index in [0.29, 0.717) is 0 Å². The molecule has 0 spiro atoms. The van der Waals surface area contributed by atoms with Crippen molar-refractivity contribution in [3.8, 4) is 23.0 Å². The summed E-state index contributed by atoms with van der Waals surface area (Å²) in [6.45, 7) is 51.9. The van der Waals surface area contributed by atoms with Crippen LogP contribution in [0, 0.1) is 55.4 Å². The highest BCUT2D eigenvalue weighted by atomic mass is 79.9. The van der Waals surface area contributed by atoms with Gasteiger partial charge < -0.3 is 34.0 Å². The number of fused-ring (bicyclic) bond motifs is 4. The topological polar surface area (TPSA) is 34.7 Å². The summed E-state index contributed by atoms with van der Waals surface area (Å²) < 4.78 is 13.4. The molecule has 8 heterocycles. The molecule has 0 aliphatic carbocycles. The van der Waals surface area contributed by atoms with Crippen LogP contribution in [0.3, 0.4) is 0 Å². The van der Waals surface area contributed by atoms with Crippen molar-refractivity contribution in [2.45, 2.75) is 191 Å². The van der Waals surface area contributed by atoms with Gasteiger partial charge in [0.05, 0.1) is 85.3 Å². The van der Waals surface area contributed by atoms with Gasteiger partial charge in [0, 0.05) is 32.6 Å². The van der Waals surface area contributed by atoms with E-state index in [0.717, 1.165) is 40.8 Å². The Labute approximate surface area is 655 Å². The van der Waals surface area contributed by atoms with Gasteiger partial charge in [0.2, 0.25) is 0 Å². The van der Waals surface area contributed by atoms with E-state index < -0.39 is 0 Å². The van der Waals surface area contributed by atoms with Gasteiger partial charge in [-0.2, -0.15) is 0 Å². The third-order valence-electron chi connectivity index (χ3n) is 26.4. The predicted octanol–water partition coefficient (Wildman–Crippen LogP) is 29.2. The van der Waals surface area contributed by atoms with Crippen LogP contribution >= 0.6 is 15.9 Å². The molecule has 8 heteroatoms. The lowest BCUT2D eigenvalue weighted by molar-refractivity contribution is 0.460. The lowest BCUT2D eigenvalue weighted by atomic mass is 9.64. The van der Waals surface area contributed by atoms with Crippen molar-refractivity contribution >= 4 is 101 Å². The second kappa shape index (κ2) is 23.9. The Bertz CT molecular complexity index is 5600. The normalized spacial score (nSPS) is 16.2. The van der Waals surface area contributed by atoms with Crippen LogP contribution in [0.2, 0.25) is 0 Å². The summed E-state index contributed by atoms with van der Waals surface area (Å²) in [7, 11) is 0. The van der Waals surface area contributed by atoms with Crippen LogP contribution in [0.25, 0.3) is 0 Å². The number of hydrogen-bond donors (Lipinski definition) is 0. The first-order valence-electron chi connectivity index (χ1n) is 39.2. The van der Waals surface area contributed by atoms with Crippen molar-refractivity contribution in [1.82, 2.24) is 0 Å². The Hall–Kier alpha value is -10.3. The number of rotatable bonds is 3. The van der Waals surface area contributed by atoms with Gasteiger partial charge in [-0.1, -0.05) is 246 Å². The van der Waals surface area contributed by atoms with Crippen LogP contribution in [0.1, 0.15) is 208 Å². The van der Waals surface area contributed by atoms with Gasteiger partial charge in [-0.25, -0.2) is 0 Å². The summed E-state index contributed by atoms with van der Waals surface area (Å²) >= 11 is 3.90. The van der Waals surface area contributed by atoms with Gasteiger partial charge >= 0.3 is 0 Å². The van der Waals surface area contributed by atoms with Crippen molar-refractivity contribution in [2.75, 3.05) is 24.5 Å². The summed E-state index contributed by atoms with van der Waals surface area (Å²) in [6, 6.07) is 71.3. The quantitative estimate of drug-likeness (QED) is 0.174. The van der Waals surface area contributed by atoms with Gasteiger partial charge in [0.15, 0.2) is 11.5 Å². The van der Waals surface area contributed by atoms with Gasteiger partial charge in [-0.05, 0) is 238 Å². The molecule has 0 N–H and O–H groups in total. The number of hydrogen-bond acceptors (Lipinski definition) is 7. The van der Waals surface area contributed by atoms with Crippen LogP contribution in [0.4, 0.5) is 85.3 Å². The number of benzene rings is 12. The van der Waals surface area contributed by atoms with E-state index in [4.69, 9.17) is 9.47 Å². The molecule has 12 aromatic rings. The first kappa shape index (κ1) is 70.4. The first-order valence-corrected chi connectivity index (χ1v) is 40.0. The Kier molecular flexibility index (Phi) is 15.4. The SMILES string of the molecule is Cc1c(C)c(N2c3cccc4c3N3c5c2cccc5C(C)(C)c2cc(C(C)(C)C)cc(c23)C4(C)C)c(C)c(C)c1Br.Cc1c(C)c(N2c3cccc4c3N3c5c2cccc5C(C)(C)c2cc(C(C)(C)C)cc(c23)C4(C)C)c(C)c(C)c1N1c2ccccc2Oc2ccccc21.c1ccc2c(c1)Cc1ccccc1O2. The van der Waals surface area contributed by atoms with Crippen LogP contribution in [-0.4, -0.2) is 0 Å². The third-order valence-corrected chi connectivity index (χ3v) is 27.6. The van der Waals surface area contributed by atoms with Crippen LogP contribution in [0.15, 0.2) is 199 Å². The molecule has 0 unspecified atom stereocenters. The van der Waals surface area contributed by atoms with E-state index in [-0.39, 0.29) is 32.5 Å². The highest BCUT2D eigenvalue weighted by Crippen LogP contribution is 2.71. The monoisotopic (exact) mass is 1490 g/mol. The minimum atomic E-state index is -0.199. The number of nitrogens with zero attached hydrogens (tertiary/aromatic N) is 5. The molecule has 8 aliphatic heterocycles. The molecule has 0 fully saturated rings. The molecule has 548 valence electrons. The van der Waals surface area contributed by atoms with Crippen LogP contribution in [0.5, 0.6) is 23.0 Å². The van der Waals surface area contributed by atoms with Crippen molar-refractivity contribution < 1.29 is 9.47 Å². The predicted molar refractivity (Wildman–Crippen MR) is 461 cm³/mol. The number of ether oxygens (including phenoxy) is 2. The second-order valence-corrected chi connectivity index (χ2v) is 36.9. The van der Waals surface area contributed by atoms with Gasteiger partial charge in [0.1, 0.15) is 11.5 Å². The maximum atomic E-state index is 6.45. The zero-order chi connectivity index (χ0) is 76.7. The van der Waals surface area contributed by atoms with Crippen LogP contribution in [-0.2, 0) is 38.9 Å². The molecule has 109 heavy (non-hydrogen) atoms. The highest BCUT2D eigenvalue weighted by Gasteiger charge is 2.54. The molecular formula is C101H100BrN5O2. The van der Waals surface area contributed by atoms with E-state index in [9.17, 15) is 0 Å². The van der Waals surface area contributed by atoms with E-state index in [1.807, 2.05) is 24.3 Å². The van der Waals surface area contributed by atoms with Gasteiger partial charge in [0.25, 0.3) is 0 Å². The summed E-state index contributed by atoms with van der Waals surface area (Å²) in [5.41, 5.74) is 45.3. The average molecular weight is 1500 g/mol. The highest BCUT2D eigenvalue weighted by molar-refractivity contribution is 9.10. The van der Waals surface area contributed by atoms with E-state index in [1.165, 1.54) is 190 Å². The van der Waals surface area contributed by atoms with Crippen LogP contribution < -0.4 is 34.0 Å². The fourth-order valence-corrected chi connectivity index (χ4v) is 20.2. The molecule has 0 saturated carbocycles. The molecule has 12 aromatic carbocycles. The molecule has 7 nitrogen and oxygen atoms in total. The Morgan fingerprint density at radius 2 is 0.514 bits per heavy atom. The summed E-state index contributed by atoms with van der Waals surface area (Å²) in [5.74, 6) is 3.73. The second-order valence-electron chi connectivity index (χ2n) is 36.1.